The Morgan fingerprint density at radius 3 is 2.39 bits per heavy atom. The third-order valence-electron chi connectivity index (χ3n) is 5.21. The van der Waals surface area contributed by atoms with Gasteiger partial charge < -0.3 is 9.26 Å². The van der Waals surface area contributed by atoms with Crippen LogP contribution in [0.2, 0.25) is 0 Å². The van der Waals surface area contributed by atoms with E-state index in [1.54, 1.807) is 18.9 Å². The van der Waals surface area contributed by atoms with Crippen LogP contribution in [-0.4, -0.2) is 27.0 Å². The summed E-state index contributed by atoms with van der Waals surface area (Å²) >= 11 is 1.57. The first-order chi connectivity index (χ1) is 16.3. The topological polar surface area (TPSA) is 66.0 Å². The molecule has 0 fully saturated rings. The maximum atomic E-state index is 5.60. The minimum atomic E-state index is 0.582. The molecule has 2 heterocycles. The van der Waals surface area contributed by atoms with Crippen LogP contribution in [0.25, 0.3) is 16.9 Å². The summed E-state index contributed by atoms with van der Waals surface area (Å²) in [6.45, 7) is 0. The fraction of sp³-hybridized carbons (Fsp3) is 0.115. The first-order valence-electron chi connectivity index (χ1n) is 10.6. The normalized spacial score (nSPS) is 10.9. The summed E-state index contributed by atoms with van der Waals surface area (Å²) in [5.74, 6) is 2.99. The summed E-state index contributed by atoms with van der Waals surface area (Å²) in [4.78, 5) is 0. The van der Waals surface area contributed by atoms with Gasteiger partial charge in [0.15, 0.2) is 5.16 Å². The summed E-state index contributed by atoms with van der Waals surface area (Å²) in [6.07, 6.45) is 0.698. The van der Waals surface area contributed by atoms with Gasteiger partial charge in [-0.15, -0.1) is 10.2 Å². The fourth-order valence-electron chi connectivity index (χ4n) is 3.62. The molecule has 0 aliphatic rings. The van der Waals surface area contributed by atoms with Crippen LogP contribution in [0.1, 0.15) is 17.1 Å². The van der Waals surface area contributed by atoms with Gasteiger partial charge in [-0.2, -0.15) is 0 Å². The summed E-state index contributed by atoms with van der Waals surface area (Å²) < 4.78 is 13.2. The second kappa shape index (κ2) is 9.75. The van der Waals surface area contributed by atoms with Crippen molar-refractivity contribution in [1.29, 1.82) is 0 Å². The van der Waals surface area contributed by atoms with Gasteiger partial charge in [-0.25, -0.2) is 0 Å². The van der Waals surface area contributed by atoms with Crippen LogP contribution in [0, 0.1) is 0 Å². The number of ether oxygens (including phenoxy) is 1. The van der Waals surface area contributed by atoms with Crippen LogP contribution in [0.3, 0.4) is 0 Å². The number of thioether (sulfide) groups is 1. The average Bonchev–Trinajstić information content (AvgIpc) is 3.51. The van der Waals surface area contributed by atoms with E-state index in [9.17, 15) is 0 Å². The number of hydrogen-bond donors (Lipinski definition) is 0. The Kier molecular flexibility index (Phi) is 6.21. The molecule has 0 aliphatic heterocycles. The number of benzene rings is 3. The average molecular weight is 455 g/mol. The second-order valence-electron chi connectivity index (χ2n) is 7.40. The molecule has 0 atom stereocenters. The number of aromatic nitrogens is 4. The molecule has 0 saturated carbocycles. The zero-order valence-electron chi connectivity index (χ0n) is 18.1. The molecule has 164 valence electrons. The second-order valence-corrected chi connectivity index (χ2v) is 8.34. The third-order valence-corrected chi connectivity index (χ3v) is 6.16. The number of nitrogens with zero attached hydrogens (tertiary/aromatic N) is 4. The smallest absolute Gasteiger partial charge is 0.196 e. The molecule has 6 nitrogen and oxygen atoms in total. The van der Waals surface area contributed by atoms with E-state index < -0.39 is 0 Å². The molecule has 0 radical (unpaired) electrons. The molecule has 0 unspecified atom stereocenters. The van der Waals surface area contributed by atoms with Gasteiger partial charge in [-0.05, 0) is 29.8 Å². The van der Waals surface area contributed by atoms with Gasteiger partial charge >= 0.3 is 0 Å². The molecule has 0 bridgehead atoms. The third kappa shape index (κ3) is 4.68. The van der Waals surface area contributed by atoms with Crippen molar-refractivity contribution < 1.29 is 9.26 Å². The SMILES string of the molecule is COc1ccccc1-c1cc(CSc2nnc(Cc3ccccc3)n2-c2ccccc2)on1. The predicted molar refractivity (Wildman–Crippen MR) is 129 cm³/mol. The highest BCUT2D eigenvalue weighted by Crippen LogP contribution is 2.31. The van der Waals surface area contributed by atoms with Crippen LogP contribution in [0.4, 0.5) is 0 Å². The van der Waals surface area contributed by atoms with Gasteiger partial charge in [0.05, 0.1) is 12.9 Å². The lowest BCUT2D eigenvalue weighted by Crippen LogP contribution is -2.03. The molecular formula is C26H22N4O2S. The van der Waals surface area contributed by atoms with Gasteiger partial charge in [0, 0.05) is 23.7 Å². The van der Waals surface area contributed by atoms with Gasteiger partial charge in [0.1, 0.15) is 23.0 Å². The van der Waals surface area contributed by atoms with Crippen molar-refractivity contribution in [3.8, 4) is 22.7 Å². The van der Waals surface area contributed by atoms with E-state index >= 15 is 0 Å². The number of rotatable bonds is 8. The van der Waals surface area contributed by atoms with E-state index in [0.29, 0.717) is 12.2 Å². The molecule has 2 aromatic heterocycles. The zero-order valence-corrected chi connectivity index (χ0v) is 18.9. The molecule has 3 aromatic carbocycles. The van der Waals surface area contributed by atoms with Crippen molar-refractivity contribution in [1.82, 2.24) is 19.9 Å². The Hall–Kier alpha value is -3.84. The molecule has 5 aromatic rings. The van der Waals surface area contributed by atoms with Gasteiger partial charge in [0.25, 0.3) is 0 Å². The van der Waals surface area contributed by atoms with Crippen LogP contribution >= 0.6 is 11.8 Å². The minimum absolute atomic E-state index is 0.582. The molecule has 5 rings (SSSR count). The van der Waals surface area contributed by atoms with Crippen molar-refractivity contribution in [3.63, 3.8) is 0 Å². The Morgan fingerprint density at radius 1 is 0.879 bits per heavy atom. The molecule has 0 saturated heterocycles. The number of hydrogen-bond acceptors (Lipinski definition) is 6. The van der Waals surface area contributed by atoms with Crippen LogP contribution in [0.5, 0.6) is 5.75 Å². The Morgan fingerprint density at radius 2 is 1.61 bits per heavy atom. The lowest BCUT2D eigenvalue weighted by Gasteiger charge is -2.10. The van der Waals surface area contributed by atoms with E-state index in [1.165, 1.54) is 5.56 Å². The monoisotopic (exact) mass is 454 g/mol. The summed E-state index contributed by atoms with van der Waals surface area (Å²) in [5, 5.41) is 14.0. The fourth-order valence-corrected chi connectivity index (χ4v) is 4.47. The maximum Gasteiger partial charge on any atom is 0.196 e. The highest BCUT2D eigenvalue weighted by atomic mass is 32.2. The van der Waals surface area contributed by atoms with E-state index in [0.717, 1.165) is 39.4 Å². The highest BCUT2D eigenvalue weighted by molar-refractivity contribution is 7.98. The van der Waals surface area contributed by atoms with Gasteiger partial charge in [0.2, 0.25) is 0 Å². The van der Waals surface area contributed by atoms with Crippen molar-refractivity contribution in [2.45, 2.75) is 17.3 Å². The van der Waals surface area contributed by atoms with E-state index in [-0.39, 0.29) is 0 Å². The van der Waals surface area contributed by atoms with E-state index in [2.05, 4.69) is 44.2 Å². The van der Waals surface area contributed by atoms with Gasteiger partial charge in [-0.1, -0.05) is 77.6 Å². The van der Waals surface area contributed by atoms with E-state index in [1.807, 2.05) is 66.7 Å². The highest BCUT2D eigenvalue weighted by Gasteiger charge is 2.17. The molecule has 7 heteroatoms. The minimum Gasteiger partial charge on any atom is -0.496 e. The molecular weight excluding hydrogens is 432 g/mol. The quantitative estimate of drug-likeness (QED) is 0.276. The largest absolute Gasteiger partial charge is 0.496 e. The Labute approximate surface area is 196 Å². The van der Waals surface area contributed by atoms with Crippen molar-refractivity contribution in [3.05, 3.63) is 108 Å². The lowest BCUT2D eigenvalue weighted by atomic mass is 10.1. The molecule has 0 amide bonds. The lowest BCUT2D eigenvalue weighted by molar-refractivity contribution is 0.395. The molecule has 0 spiro atoms. The maximum absolute atomic E-state index is 5.60. The molecule has 0 aliphatic carbocycles. The summed E-state index contributed by atoms with van der Waals surface area (Å²) in [6, 6.07) is 30.2. The van der Waals surface area contributed by atoms with Crippen molar-refractivity contribution in [2.24, 2.45) is 0 Å². The standard InChI is InChI=1S/C26H22N4O2S/c1-31-24-15-9-8-14-22(24)23-17-21(32-29-23)18-33-26-28-27-25(16-19-10-4-2-5-11-19)30(26)20-12-6-3-7-13-20/h2-15,17H,16,18H2,1H3. The molecule has 0 N–H and O–H groups in total. The summed E-state index contributed by atoms with van der Waals surface area (Å²) in [7, 11) is 1.65. The first-order valence-corrected chi connectivity index (χ1v) is 11.6. The zero-order chi connectivity index (χ0) is 22.5. The van der Waals surface area contributed by atoms with Crippen LogP contribution in [-0.2, 0) is 12.2 Å². The number of methoxy groups -OCH3 is 1. The Balaban J connectivity index is 1.39. The van der Waals surface area contributed by atoms with Crippen molar-refractivity contribution in [2.75, 3.05) is 7.11 Å². The first kappa shape index (κ1) is 21.0. The number of para-hydroxylation sites is 2. The molecule has 33 heavy (non-hydrogen) atoms. The Bertz CT molecular complexity index is 1330. The van der Waals surface area contributed by atoms with Gasteiger partial charge in [-0.3, -0.25) is 4.57 Å². The van der Waals surface area contributed by atoms with Crippen molar-refractivity contribution >= 4 is 11.8 Å². The van der Waals surface area contributed by atoms with Crippen LogP contribution < -0.4 is 4.74 Å². The van der Waals surface area contributed by atoms with E-state index in [4.69, 9.17) is 9.26 Å². The summed E-state index contributed by atoms with van der Waals surface area (Å²) in [5.41, 5.74) is 3.87. The van der Waals surface area contributed by atoms with Crippen LogP contribution in [0.15, 0.2) is 101 Å². The predicted octanol–water partition coefficient (Wildman–Crippen LogP) is 5.81.